The molecule has 132 valence electrons. The molecule has 0 unspecified atom stereocenters. The van der Waals surface area contributed by atoms with Gasteiger partial charge in [0.2, 0.25) is 11.8 Å². The van der Waals surface area contributed by atoms with Crippen LogP contribution in [0.3, 0.4) is 0 Å². The molecule has 5 nitrogen and oxygen atoms in total. The van der Waals surface area contributed by atoms with E-state index in [4.69, 9.17) is 5.73 Å². The van der Waals surface area contributed by atoms with Crippen molar-refractivity contribution in [3.8, 4) is 11.3 Å². The minimum absolute atomic E-state index is 0.163. The minimum Gasteiger partial charge on any atom is -0.366 e. The summed E-state index contributed by atoms with van der Waals surface area (Å²) in [4.78, 5) is 29.2. The number of hydrogen-bond donors (Lipinski definition) is 2. The molecule has 3 rings (SSSR count). The number of benzene rings is 2. The molecule has 0 radical (unpaired) electrons. The van der Waals surface area contributed by atoms with Crippen molar-refractivity contribution in [3.05, 3.63) is 69.5 Å². The highest BCUT2D eigenvalue weighted by molar-refractivity contribution is 7.12. The molecule has 2 aromatic carbocycles. The molecule has 26 heavy (non-hydrogen) atoms. The maximum Gasteiger partial charge on any atom is 0.248 e. The van der Waals surface area contributed by atoms with Crippen molar-refractivity contribution in [2.24, 2.45) is 5.73 Å². The number of anilines is 1. The molecule has 0 aliphatic carbocycles. The summed E-state index contributed by atoms with van der Waals surface area (Å²) in [6.45, 7) is 3.96. The highest BCUT2D eigenvalue weighted by Crippen LogP contribution is 2.29. The van der Waals surface area contributed by atoms with Gasteiger partial charge in [0, 0.05) is 21.7 Å². The maximum atomic E-state index is 12.5. The van der Waals surface area contributed by atoms with Gasteiger partial charge in [-0.1, -0.05) is 35.9 Å². The van der Waals surface area contributed by atoms with E-state index in [0.29, 0.717) is 11.3 Å². The molecule has 0 aliphatic rings. The van der Waals surface area contributed by atoms with E-state index in [2.05, 4.69) is 10.3 Å². The van der Waals surface area contributed by atoms with Gasteiger partial charge in [-0.15, -0.1) is 11.3 Å². The summed E-state index contributed by atoms with van der Waals surface area (Å²) >= 11 is 1.51. The zero-order valence-corrected chi connectivity index (χ0v) is 15.4. The molecule has 0 fully saturated rings. The van der Waals surface area contributed by atoms with E-state index < -0.39 is 5.91 Å². The van der Waals surface area contributed by atoms with Gasteiger partial charge in [-0.25, -0.2) is 4.98 Å². The number of nitrogens with two attached hydrogens (primary N) is 1. The normalized spacial score (nSPS) is 10.5. The van der Waals surface area contributed by atoms with Crippen LogP contribution in [0, 0.1) is 13.8 Å². The highest BCUT2D eigenvalue weighted by Gasteiger charge is 2.15. The number of carbonyl (C=O) groups is 2. The van der Waals surface area contributed by atoms with Gasteiger partial charge in [0.05, 0.1) is 17.1 Å². The third kappa shape index (κ3) is 4.15. The molecule has 1 heterocycles. The number of nitrogens with zero attached hydrogens (tertiary/aromatic N) is 1. The Kier molecular flexibility index (Phi) is 5.14. The summed E-state index contributed by atoms with van der Waals surface area (Å²) in [7, 11) is 0. The second kappa shape index (κ2) is 7.49. The fourth-order valence-corrected chi connectivity index (χ4v) is 3.58. The van der Waals surface area contributed by atoms with Crippen LogP contribution in [-0.4, -0.2) is 16.8 Å². The van der Waals surface area contributed by atoms with Crippen LogP contribution in [0.2, 0.25) is 0 Å². The Bertz CT molecular complexity index is 961. The molecule has 0 saturated heterocycles. The van der Waals surface area contributed by atoms with Gasteiger partial charge in [0.1, 0.15) is 0 Å². The van der Waals surface area contributed by atoms with E-state index in [9.17, 15) is 9.59 Å². The fourth-order valence-electron chi connectivity index (χ4n) is 2.63. The summed E-state index contributed by atoms with van der Waals surface area (Å²) in [5.41, 5.74) is 9.20. The number of rotatable bonds is 5. The van der Waals surface area contributed by atoms with Crippen molar-refractivity contribution in [1.29, 1.82) is 0 Å². The lowest BCUT2D eigenvalue weighted by Gasteiger charge is -2.07. The maximum absolute atomic E-state index is 12.5. The van der Waals surface area contributed by atoms with Crippen molar-refractivity contribution in [3.63, 3.8) is 0 Å². The summed E-state index contributed by atoms with van der Waals surface area (Å²) in [6, 6.07) is 14.7. The van der Waals surface area contributed by atoms with E-state index in [-0.39, 0.29) is 12.3 Å². The second-order valence-electron chi connectivity index (χ2n) is 6.04. The lowest BCUT2D eigenvalue weighted by atomic mass is 10.1. The Morgan fingerprint density at radius 1 is 1.12 bits per heavy atom. The molecule has 0 spiro atoms. The SMILES string of the molecule is Cc1ccc(-c2nc(C)sc2CC(=O)Nc2cccc(C(N)=O)c2)cc1. The Labute approximate surface area is 155 Å². The summed E-state index contributed by atoms with van der Waals surface area (Å²) in [6.07, 6.45) is 0.218. The average Bonchev–Trinajstić information content (AvgIpc) is 2.95. The number of amides is 2. The van der Waals surface area contributed by atoms with Gasteiger partial charge in [0.15, 0.2) is 0 Å². The van der Waals surface area contributed by atoms with Gasteiger partial charge in [-0.3, -0.25) is 9.59 Å². The highest BCUT2D eigenvalue weighted by atomic mass is 32.1. The predicted octanol–water partition coefficient (Wildman–Crippen LogP) is 3.71. The summed E-state index contributed by atoms with van der Waals surface area (Å²) < 4.78 is 0. The Morgan fingerprint density at radius 2 is 1.85 bits per heavy atom. The third-order valence-electron chi connectivity index (χ3n) is 3.88. The Balaban J connectivity index is 1.79. The molecular weight excluding hydrogens is 346 g/mol. The van der Waals surface area contributed by atoms with Crippen LogP contribution < -0.4 is 11.1 Å². The first-order valence-corrected chi connectivity index (χ1v) is 8.97. The average molecular weight is 365 g/mol. The monoisotopic (exact) mass is 365 g/mol. The largest absolute Gasteiger partial charge is 0.366 e. The number of aryl methyl sites for hydroxylation is 2. The van der Waals surface area contributed by atoms with Crippen LogP contribution in [0.5, 0.6) is 0 Å². The molecule has 1 aromatic heterocycles. The van der Waals surface area contributed by atoms with Crippen molar-refractivity contribution in [1.82, 2.24) is 4.98 Å². The van der Waals surface area contributed by atoms with Gasteiger partial charge in [-0.05, 0) is 32.0 Å². The van der Waals surface area contributed by atoms with E-state index in [1.165, 1.54) is 16.9 Å². The first kappa shape index (κ1) is 17.8. The molecule has 3 aromatic rings. The predicted molar refractivity (Wildman–Crippen MR) is 104 cm³/mol. The van der Waals surface area contributed by atoms with E-state index in [1.54, 1.807) is 24.3 Å². The van der Waals surface area contributed by atoms with Crippen LogP contribution >= 0.6 is 11.3 Å². The van der Waals surface area contributed by atoms with E-state index in [0.717, 1.165) is 21.1 Å². The molecule has 0 aliphatic heterocycles. The van der Waals surface area contributed by atoms with Gasteiger partial charge in [0.25, 0.3) is 0 Å². The van der Waals surface area contributed by atoms with Gasteiger partial charge < -0.3 is 11.1 Å². The number of primary amides is 1. The smallest absolute Gasteiger partial charge is 0.248 e. The molecule has 0 saturated carbocycles. The first-order valence-electron chi connectivity index (χ1n) is 8.15. The Hall–Kier alpha value is -2.99. The first-order chi connectivity index (χ1) is 12.4. The number of carbonyl (C=O) groups excluding carboxylic acids is 2. The zero-order valence-electron chi connectivity index (χ0n) is 14.6. The molecular formula is C20H19N3O2S. The number of aromatic nitrogens is 1. The molecule has 0 bridgehead atoms. The van der Waals surface area contributed by atoms with Crippen LogP contribution in [0.4, 0.5) is 5.69 Å². The number of nitrogens with one attached hydrogen (secondary N) is 1. The van der Waals surface area contributed by atoms with Gasteiger partial charge >= 0.3 is 0 Å². The summed E-state index contributed by atoms with van der Waals surface area (Å²) in [5.74, 6) is -0.690. The van der Waals surface area contributed by atoms with Crippen LogP contribution in [0.15, 0.2) is 48.5 Å². The van der Waals surface area contributed by atoms with Crippen molar-refractivity contribution in [2.45, 2.75) is 20.3 Å². The van der Waals surface area contributed by atoms with E-state index >= 15 is 0 Å². The van der Waals surface area contributed by atoms with Gasteiger partial charge in [-0.2, -0.15) is 0 Å². The fraction of sp³-hybridized carbons (Fsp3) is 0.150. The standard InChI is InChI=1S/C20H19N3O2S/c1-12-6-8-14(9-7-12)19-17(26-13(2)22-19)11-18(24)23-16-5-3-4-15(10-16)20(21)25/h3-10H,11H2,1-2H3,(H2,21,25)(H,23,24). The van der Waals surface area contributed by atoms with E-state index in [1.807, 2.05) is 38.1 Å². The van der Waals surface area contributed by atoms with Crippen LogP contribution in [0.1, 0.15) is 25.8 Å². The second-order valence-corrected chi connectivity index (χ2v) is 7.33. The number of thiazole rings is 1. The third-order valence-corrected chi connectivity index (χ3v) is 4.85. The minimum atomic E-state index is -0.527. The quantitative estimate of drug-likeness (QED) is 0.723. The molecule has 0 atom stereocenters. The molecule has 3 N–H and O–H groups in total. The van der Waals surface area contributed by atoms with Crippen molar-refractivity contribution in [2.75, 3.05) is 5.32 Å². The zero-order chi connectivity index (χ0) is 18.7. The molecule has 6 heteroatoms. The van der Waals surface area contributed by atoms with Crippen LogP contribution in [-0.2, 0) is 11.2 Å². The lowest BCUT2D eigenvalue weighted by Crippen LogP contribution is -2.16. The lowest BCUT2D eigenvalue weighted by molar-refractivity contribution is -0.115. The van der Waals surface area contributed by atoms with Crippen molar-refractivity contribution < 1.29 is 9.59 Å². The van der Waals surface area contributed by atoms with Crippen LogP contribution in [0.25, 0.3) is 11.3 Å². The topological polar surface area (TPSA) is 85.1 Å². The van der Waals surface area contributed by atoms with Crippen molar-refractivity contribution >= 4 is 28.8 Å². The Morgan fingerprint density at radius 3 is 2.54 bits per heavy atom. The molecule has 2 amide bonds. The summed E-state index contributed by atoms with van der Waals surface area (Å²) in [5, 5.41) is 3.73. The number of hydrogen-bond acceptors (Lipinski definition) is 4.